The number of rotatable bonds is 4. The molecule has 1 amide bonds. The number of benzene rings is 2. The van der Waals surface area contributed by atoms with Crippen molar-refractivity contribution in [3.63, 3.8) is 0 Å². The molecule has 2 aromatic carbocycles. The number of carbonyl (C=O) groups is 1. The Morgan fingerprint density at radius 2 is 1.61 bits per heavy atom. The minimum Gasteiger partial charge on any atom is -0.506 e. The van der Waals surface area contributed by atoms with Crippen LogP contribution in [-0.2, 0) is 0 Å². The first-order valence-electron chi connectivity index (χ1n) is 9.22. The fourth-order valence-corrected chi connectivity index (χ4v) is 4.18. The second-order valence-corrected chi connectivity index (χ2v) is 7.60. The Kier molecular flexibility index (Phi) is 5.48. The second kappa shape index (κ2) is 8.35. The lowest BCUT2D eigenvalue weighted by atomic mass is 10.2. The van der Waals surface area contributed by atoms with Gasteiger partial charge in [0.15, 0.2) is 0 Å². The highest BCUT2D eigenvalue weighted by Gasteiger charge is 2.25. The van der Waals surface area contributed by atoms with E-state index in [1.165, 1.54) is 11.8 Å². The molecule has 0 spiro atoms. The predicted octanol–water partition coefficient (Wildman–Crippen LogP) is 3.90. The van der Waals surface area contributed by atoms with Crippen molar-refractivity contribution in [3.8, 4) is 5.75 Å². The number of phenolic OH excluding ortho intramolecular Hbond substituents is 1. The second-order valence-electron chi connectivity index (χ2n) is 6.54. The van der Waals surface area contributed by atoms with E-state index in [1.807, 2.05) is 59.5 Å². The van der Waals surface area contributed by atoms with Crippen molar-refractivity contribution in [2.45, 2.75) is 9.92 Å². The fraction of sp³-hybridized carbons (Fsp3) is 0.182. The molecule has 1 N–H and O–H groups in total. The van der Waals surface area contributed by atoms with Crippen LogP contribution in [0.5, 0.6) is 5.75 Å². The first kappa shape index (κ1) is 18.4. The number of piperazine rings is 1. The van der Waals surface area contributed by atoms with E-state index >= 15 is 0 Å². The molecule has 1 aliphatic heterocycles. The molecule has 3 aromatic rings. The minimum absolute atomic E-state index is 0.00321. The number of phenols is 1. The largest absolute Gasteiger partial charge is 0.506 e. The number of aromatic hydroxyl groups is 1. The van der Waals surface area contributed by atoms with Gasteiger partial charge in [0.25, 0.3) is 5.91 Å². The Labute approximate surface area is 168 Å². The monoisotopic (exact) mass is 391 g/mol. The summed E-state index contributed by atoms with van der Waals surface area (Å²) in [7, 11) is 0. The van der Waals surface area contributed by atoms with Crippen LogP contribution in [0, 0.1) is 0 Å². The first-order valence-corrected chi connectivity index (χ1v) is 10.0. The number of aromatic nitrogens is 1. The summed E-state index contributed by atoms with van der Waals surface area (Å²) in [5.74, 6) is 0.277. The van der Waals surface area contributed by atoms with E-state index < -0.39 is 0 Å². The summed E-state index contributed by atoms with van der Waals surface area (Å²) < 4.78 is 0. The van der Waals surface area contributed by atoms with Crippen molar-refractivity contribution in [2.24, 2.45) is 0 Å². The zero-order valence-corrected chi connectivity index (χ0v) is 16.2. The van der Waals surface area contributed by atoms with Gasteiger partial charge in [0.2, 0.25) is 0 Å². The molecule has 6 heteroatoms. The summed E-state index contributed by atoms with van der Waals surface area (Å²) in [6.45, 7) is 2.59. The predicted molar refractivity (Wildman–Crippen MR) is 111 cm³/mol. The molecule has 0 saturated carbocycles. The Morgan fingerprint density at radius 1 is 0.893 bits per heavy atom. The summed E-state index contributed by atoms with van der Waals surface area (Å²) in [6, 6.07) is 20.9. The minimum atomic E-state index is 0.00321. The van der Waals surface area contributed by atoms with E-state index in [9.17, 15) is 9.90 Å². The molecule has 0 unspecified atom stereocenters. The van der Waals surface area contributed by atoms with Gasteiger partial charge in [-0.2, -0.15) is 0 Å². The summed E-state index contributed by atoms with van der Waals surface area (Å²) in [5, 5.41) is 10.8. The molecule has 0 bridgehead atoms. The van der Waals surface area contributed by atoms with Gasteiger partial charge in [-0.1, -0.05) is 42.1 Å². The molecular formula is C22H21N3O2S. The SMILES string of the molecule is O=C(c1cccnc1Sc1ccccc1)N1CCN(c2ccccc2O)CC1. The third-order valence-corrected chi connectivity index (χ3v) is 5.78. The number of amides is 1. The fourth-order valence-electron chi connectivity index (χ4n) is 3.29. The maximum atomic E-state index is 13.1. The topological polar surface area (TPSA) is 56.7 Å². The van der Waals surface area contributed by atoms with Gasteiger partial charge in [-0.3, -0.25) is 4.79 Å². The summed E-state index contributed by atoms with van der Waals surface area (Å²) in [4.78, 5) is 22.6. The molecule has 0 aliphatic carbocycles. The Balaban J connectivity index is 1.47. The summed E-state index contributed by atoms with van der Waals surface area (Å²) in [6.07, 6.45) is 1.72. The lowest BCUT2D eigenvalue weighted by Crippen LogP contribution is -2.49. The van der Waals surface area contributed by atoms with Crippen molar-refractivity contribution >= 4 is 23.4 Å². The van der Waals surface area contributed by atoms with Gasteiger partial charge in [-0.25, -0.2) is 4.98 Å². The molecule has 1 aliphatic rings. The zero-order valence-electron chi connectivity index (χ0n) is 15.4. The number of pyridine rings is 1. The van der Waals surface area contributed by atoms with E-state index in [2.05, 4.69) is 9.88 Å². The average molecular weight is 391 g/mol. The lowest BCUT2D eigenvalue weighted by molar-refractivity contribution is 0.0742. The van der Waals surface area contributed by atoms with Crippen LogP contribution in [0.2, 0.25) is 0 Å². The number of hydrogen-bond donors (Lipinski definition) is 1. The molecule has 5 nitrogen and oxygen atoms in total. The van der Waals surface area contributed by atoms with Gasteiger partial charge >= 0.3 is 0 Å². The van der Waals surface area contributed by atoms with Crippen LogP contribution in [0.15, 0.2) is 82.8 Å². The van der Waals surface area contributed by atoms with Crippen LogP contribution in [0.4, 0.5) is 5.69 Å². The molecule has 1 aromatic heterocycles. The highest BCUT2D eigenvalue weighted by molar-refractivity contribution is 7.99. The number of nitrogens with zero attached hydrogens (tertiary/aromatic N) is 3. The summed E-state index contributed by atoms with van der Waals surface area (Å²) >= 11 is 1.50. The van der Waals surface area contributed by atoms with Crippen molar-refractivity contribution in [3.05, 3.63) is 78.5 Å². The normalized spacial score (nSPS) is 14.1. The highest BCUT2D eigenvalue weighted by atomic mass is 32.2. The van der Waals surface area contributed by atoms with Gasteiger partial charge in [0.05, 0.1) is 11.3 Å². The Bertz CT molecular complexity index is 957. The van der Waals surface area contributed by atoms with Gasteiger partial charge < -0.3 is 14.9 Å². The lowest BCUT2D eigenvalue weighted by Gasteiger charge is -2.36. The molecule has 0 radical (unpaired) electrons. The van der Waals surface area contributed by atoms with Crippen LogP contribution in [0.3, 0.4) is 0 Å². The zero-order chi connectivity index (χ0) is 19.3. The van der Waals surface area contributed by atoms with Crippen molar-refractivity contribution in [1.82, 2.24) is 9.88 Å². The van der Waals surface area contributed by atoms with Crippen molar-refractivity contribution in [2.75, 3.05) is 31.1 Å². The molecule has 142 valence electrons. The molecule has 1 saturated heterocycles. The smallest absolute Gasteiger partial charge is 0.256 e. The van der Waals surface area contributed by atoms with Crippen LogP contribution < -0.4 is 4.90 Å². The molecule has 28 heavy (non-hydrogen) atoms. The molecule has 2 heterocycles. The van der Waals surface area contributed by atoms with E-state index in [0.29, 0.717) is 31.7 Å². The number of anilines is 1. The van der Waals surface area contributed by atoms with Crippen molar-refractivity contribution in [1.29, 1.82) is 0 Å². The first-order chi connectivity index (χ1) is 13.7. The van der Waals surface area contributed by atoms with Crippen LogP contribution >= 0.6 is 11.8 Å². The third-order valence-electron chi connectivity index (χ3n) is 4.75. The molecular weight excluding hydrogens is 370 g/mol. The van der Waals surface area contributed by atoms with Crippen LogP contribution in [-0.4, -0.2) is 47.1 Å². The van der Waals surface area contributed by atoms with Crippen LogP contribution in [0.1, 0.15) is 10.4 Å². The van der Waals surface area contributed by atoms with E-state index in [-0.39, 0.29) is 11.7 Å². The Morgan fingerprint density at radius 3 is 2.36 bits per heavy atom. The summed E-state index contributed by atoms with van der Waals surface area (Å²) in [5.41, 5.74) is 1.45. The van der Waals surface area contributed by atoms with Crippen molar-refractivity contribution < 1.29 is 9.90 Å². The highest BCUT2D eigenvalue weighted by Crippen LogP contribution is 2.30. The van der Waals surface area contributed by atoms with E-state index in [1.54, 1.807) is 18.3 Å². The maximum absolute atomic E-state index is 13.1. The van der Waals surface area contributed by atoms with Crippen LogP contribution in [0.25, 0.3) is 0 Å². The number of carbonyl (C=O) groups excluding carboxylic acids is 1. The van der Waals surface area contributed by atoms with Gasteiger partial charge in [-0.15, -0.1) is 0 Å². The van der Waals surface area contributed by atoms with E-state index in [4.69, 9.17) is 0 Å². The standard InChI is InChI=1S/C22H21N3O2S/c26-20-11-5-4-10-19(20)24-13-15-25(16-14-24)22(27)18-9-6-12-23-21(18)28-17-7-2-1-3-8-17/h1-12,26H,13-16H2. The van der Waals surface area contributed by atoms with Gasteiger partial charge in [-0.05, 0) is 36.4 Å². The molecule has 0 atom stereocenters. The maximum Gasteiger partial charge on any atom is 0.256 e. The average Bonchev–Trinajstić information content (AvgIpc) is 2.75. The quantitative estimate of drug-likeness (QED) is 0.731. The Hall–Kier alpha value is -2.99. The molecule has 4 rings (SSSR count). The van der Waals surface area contributed by atoms with E-state index in [0.717, 1.165) is 15.6 Å². The van der Waals surface area contributed by atoms with Gasteiger partial charge in [0, 0.05) is 37.3 Å². The number of hydrogen-bond acceptors (Lipinski definition) is 5. The van der Waals surface area contributed by atoms with Gasteiger partial charge in [0.1, 0.15) is 10.8 Å². The third kappa shape index (κ3) is 3.97. The molecule has 1 fully saturated rings. The number of para-hydroxylation sites is 2.